The first-order chi connectivity index (χ1) is 9.37. The fourth-order valence-electron chi connectivity index (χ4n) is 2.78. The number of nitrogens with one attached hydrogen (secondary N) is 1. The standard InChI is InChI=1S/C16H25N3O/c1-12(17-4)13-6-8-14(9-7-13)19-11-10-18(5)15(20)16(19,2)3/h6-9,12,17H,10-11H2,1-5H3. The second kappa shape index (κ2) is 5.44. The van der Waals surface area contributed by atoms with Crippen molar-refractivity contribution in [3.63, 3.8) is 0 Å². The molecule has 1 atom stereocenters. The van der Waals surface area contributed by atoms with E-state index in [0.717, 1.165) is 18.8 Å². The van der Waals surface area contributed by atoms with Crippen molar-refractivity contribution in [2.45, 2.75) is 32.4 Å². The molecule has 0 bridgehead atoms. The van der Waals surface area contributed by atoms with Crippen LogP contribution in [0.2, 0.25) is 0 Å². The fraction of sp³-hybridized carbons (Fsp3) is 0.562. The molecule has 0 aromatic heterocycles. The lowest BCUT2D eigenvalue weighted by molar-refractivity contribution is -0.136. The van der Waals surface area contributed by atoms with Crippen molar-refractivity contribution in [1.82, 2.24) is 10.2 Å². The van der Waals surface area contributed by atoms with Gasteiger partial charge in [0.2, 0.25) is 5.91 Å². The number of benzene rings is 1. The Morgan fingerprint density at radius 3 is 2.35 bits per heavy atom. The van der Waals surface area contributed by atoms with Crippen molar-refractivity contribution in [2.24, 2.45) is 0 Å². The number of nitrogens with zero attached hydrogens (tertiary/aromatic N) is 2. The molecule has 1 saturated heterocycles. The third kappa shape index (κ3) is 2.52. The van der Waals surface area contributed by atoms with Crippen molar-refractivity contribution >= 4 is 11.6 Å². The van der Waals surface area contributed by atoms with Gasteiger partial charge in [0, 0.05) is 31.9 Å². The maximum Gasteiger partial charge on any atom is 0.247 e. The van der Waals surface area contributed by atoms with Gasteiger partial charge in [-0.2, -0.15) is 0 Å². The molecule has 4 heteroatoms. The Morgan fingerprint density at radius 1 is 1.20 bits per heavy atom. The summed E-state index contributed by atoms with van der Waals surface area (Å²) < 4.78 is 0. The first-order valence-corrected chi connectivity index (χ1v) is 7.18. The van der Waals surface area contributed by atoms with E-state index in [-0.39, 0.29) is 5.91 Å². The molecule has 1 N–H and O–H groups in total. The van der Waals surface area contributed by atoms with Crippen LogP contribution in [0.4, 0.5) is 5.69 Å². The molecule has 110 valence electrons. The van der Waals surface area contributed by atoms with E-state index < -0.39 is 5.54 Å². The number of carbonyl (C=O) groups is 1. The van der Waals surface area contributed by atoms with Crippen molar-refractivity contribution in [3.8, 4) is 0 Å². The highest BCUT2D eigenvalue weighted by Gasteiger charge is 2.40. The summed E-state index contributed by atoms with van der Waals surface area (Å²) in [5.74, 6) is 0.177. The van der Waals surface area contributed by atoms with E-state index in [2.05, 4.69) is 41.4 Å². The summed E-state index contributed by atoms with van der Waals surface area (Å²) in [7, 11) is 3.83. The summed E-state index contributed by atoms with van der Waals surface area (Å²) in [6.07, 6.45) is 0. The van der Waals surface area contributed by atoms with E-state index >= 15 is 0 Å². The van der Waals surface area contributed by atoms with E-state index in [1.807, 2.05) is 32.8 Å². The maximum absolute atomic E-state index is 12.3. The number of rotatable bonds is 3. The van der Waals surface area contributed by atoms with Crippen molar-refractivity contribution < 1.29 is 4.79 Å². The van der Waals surface area contributed by atoms with E-state index in [4.69, 9.17) is 0 Å². The quantitative estimate of drug-likeness (QED) is 0.917. The predicted octanol–water partition coefficient (Wildman–Crippen LogP) is 2.02. The lowest BCUT2D eigenvalue weighted by Gasteiger charge is -2.46. The number of piperazine rings is 1. The molecule has 0 aliphatic carbocycles. The smallest absolute Gasteiger partial charge is 0.247 e. The van der Waals surface area contributed by atoms with Gasteiger partial charge in [0.15, 0.2) is 0 Å². The van der Waals surface area contributed by atoms with Crippen LogP contribution in [-0.4, -0.2) is 43.5 Å². The minimum absolute atomic E-state index is 0.177. The Kier molecular flexibility index (Phi) is 4.04. The molecule has 1 aliphatic rings. The second-order valence-corrected chi connectivity index (χ2v) is 6.04. The fourth-order valence-corrected chi connectivity index (χ4v) is 2.78. The van der Waals surface area contributed by atoms with Gasteiger partial charge in [0.25, 0.3) is 0 Å². The molecular weight excluding hydrogens is 250 g/mol. The van der Waals surface area contributed by atoms with Gasteiger partial charge in [-0.3, -0.25) is 4.79 Å². The summed E-state index contributed by atoms with van der Waals surface area (Å²) in [4.78, 5) is 16.3. The first-order valence-electron chi connectivity index (χ1n) is 7.18. The van der Waals surface area contributed by atoms with Gasteiger partial charge >= 0.3 is 0 Å². The van der Waals surface area contributed by atoms with Crippen LogP contribution < -0.4 is 10.2 Å². The lowest BCUT2D eigenvalue weighted by atomic mass is 9.96. The SMILES string of the molecule is CNC(C)c1ccc(N2CCN(C)C(=O)C2(C)C)cc1. The molecule has 0 spiro atoms. The summed E-state index contributed by atoms with van der Waals surface area (Å²) >= 11 is 0. The van der Waals surface area contributed by atoms with Crippen LogP contribution in [0.25, 0.3) is 0 Å². The third-order valence-electron chi connectivity index (χ3n) is 4.34. The molecule has 1 aromatic carbocycles. The van der Waals surface area contributed by atoms with Gasteiger partial charge < -0.3 is 15.1 Å². The molecule has 0 saturated carbocycles. The van der Waals surface area contributed by atoms with Gasteiger partial charge in [-0.1, -0.05) is 12.1 Å². The van der Waals surface area contributed by atoms with E-state index in [1.54, 1.807) is 0 Å². The summed E-state index contributed by atoms with van der Waals surface area (Å²) in [5, 5.41) is 3.23. The maximum atomic E-state index is 12.3. The zero-order valence-electron chi connectivity index (χ0n) is 13.1. The van der Waals surface area contributed by atoms with Crippen LogP contribution in [-0.2, 0) is 4.79 Å². The number of carbonyl (C=O) groups excluding carboxylic acids is 1. The van der Waals surface area contributed by atoms with E-state index in [1.165, 1.54) is 5.56 Å². The summed E-state index contributed by atoms with van der Waals surface area (Å²) in [5.41, 5.74) is 1.89. The minimum atomic E-state index is -0.483. The van der Waals surface area contributed by atoms with Crippen LogP contribution >= 0.6 is 0 Å². The molecule has 20 heavy (non-hydrogen) atoms. The number of anilines is 1. The average molecular weight is 275 g/mol. The summed E-state index contributed by atoms with van der Waals surface area (Å²) in [6.45, 7) is 7.77. The zero-order chi connectivity index (χ0) is 14.9. The highest BCUT2D eigenvalue weighted by Crippen LogP contribution is 2.29. The topological polar surface area (TPSA) is 35.6 Å². The second-order valence-electron chi connectivity index (χ2n) is 6.04. The van der Waals surface area contributed by atoms with Crippen molar-refractivity contribution in [2.75, 3.05) is 32.1 Å². The number of likely N-dealkylation sites (N-methyl/N-ethyl adjacent to an activating group) is 1. The predicted molar refractivity (Wildman–Crippen MR) is 83.0 cm³/mol. The normalized spacial score (nSPS) is 20.1. The van der Waals surface area contributed by atoms with Crippen molar-refractivity contribution in [1.29, 1.82) is 0 Å². The monoisotopic (exact) mass is 275 g/mol. The molecule has 1 amide bonds. The molecule has 1 aromatic rings. The number of hydrogen-bond acceptors (Lipinski definition) is 3. The number of amides is 1. The Labute approximate surface area is 121 Å². The van der Waals surface area contributed by atoms with Crippen LogP contribution in [0.15, 0.2) is 24.3 Å². The molecular formula is C16H25N3O. The molecule has 1 unspecified atom stereocenters. The van der Waals surface area contributed by atoms with Crippen LogP contribution in [0.1, 0.15) is 32.4 Å². The van der Waals surface area contributed by atoms with Gasteiger partial charge in [-0.25, -0.2) is 0 Å². The highest BCUT2D eigenvalue weighted by molar-refractivity contribution is 5.90. The van der Waals surface area contributed by atoms with Gasteiger partial charge in [0.1, 0.15) is 5.54 Å². The Morgan fingerprint density at radius 2 is 1.80 bits per heavy atom. The first kappa shape index (κ1) is 14.9. The molecule has 4 nitrogen and oxygen atoms in total. The van der Waals surface area contributed by atoms with Crippen LogP contribution in [0.5, 0.6) is 0 Å². The molecule has 1 fully saturated rings. The minimum Gasteiger partial charge on any atom is -0.356 e. The zero-order valence-corrected chi connectivity index (χ0v) is 13.1. The molecule has 2 rings (SSSR count). The number of hydrogen-bond donors (Lipinski definition) is 1. The lowest BCUT2D eigenvalue weighted by Crippen LogP contribution is -2.62. The Hall–Kier alpha value is -1.55. The summed E-state index contributed by atoms with van der Waals surface area (Å²) in [6, 6.07) is 8.84. The van der Waals surface area contributed by atoms with E-state index in [0.29, 0.717) is 6.04 Å². The third-order valence-corrected chi connectivity index (χ3v) is 4.34. The van der Waals surface area contributed by atoms with Gasteiger partial charge in [0.05, 0.1) is 0 Å². The Balaban J connectivity index is 2.25. The largest absolute Gasteiger partial charge is 0.356 e. The van der Waals surface area contributed by atoms with E-state index in [9.17, 15) is 4.79 Å². The van der Waals surface area contributed by atoms with Crippen LogP contribution in [0, 0.1) is 0 Å². The molecule has 1 heterocycles. The van der Waals surface area contributed by atoms with Crippen molar-refractivity contribution in [3.05, 3.63) is 29.8 Å². The Bertz CT molecular complexity index is 481. The highest BCUT2D eigenvalue weighted by atomic mass is 16.2. The van der Waals surface area contributed by atoms with Gasteiger partial charge in [-0.05, 0) is 45.5 Å². The van der Waals surface area contributed by atoms with Gasteiger partial charge in [-0.15, -0.1) is 0 Å². The average Bonchev–Trinajstić information content (AvgIpc) is 2.44. The van der Waals surface area contributed by atoms with Crippen LogP contribution in [0.3, 0.4) is 0 Å². The molecule has 1 aliphatic heterocycles. The molecule has 0 radical (unpaired) electrons.